The van der Waals surface area contributed by atoms with Crippen molar-refractivity contribution in [1.29, 1.82) is 0 Å². The van der Waals surface area contributed by atoms with E-state index in [-0.39, 0.29) is 18.9 Å². The van der Waals surface area contributed by atoms with E-state index in [4.69, 9.17) is 0 Å². The van der Waals surface area contributed by atoms with Crippen molar-refractivity contribution in [3.05, 3.63) is 34.3 Å². The zero-order valence-corrected chi connectivity index (χ0v) is 11.4. The van der Waals surface area contributed by atoms with Crippen LogP contribution in [0.3, 0.4) is 0 Å². The maximum atomic E-state index is 12.0. The van der Waals surface area contributed by atoms with Gasteiger partial charge in [0.25, 0.3) is 0 Å². The number of hydrogen-bond donors (Lipinski definition) is 0. The lowest BCUT2D eigenvalue weighted by molar-refractivity contribution is -0.137. The van der Waals surface area contributed by atoms with Crippen LogP contribution in [0.1, 0.15) is 16.8 Å². The van der Waals surface area contributed by atoms with Crippen LogP contribution in [0, 0.1) is 0 Å². The van der Waals surface area contributed by atoms with Gasteiger partial charge in [-0.1, -0.05) is 28.1 Å². The first kappa shape index (κ1) is 15.2. The lowest BCUT2D eigenvalue weighted by Crippen LogP contribution is -2.29. The summed E-state index contributed by atoms with van der Waals surface area (Å²) in [6.07, 6.45) is -5.09. The summed E-state index contributed by atoms with van der Waals surface area (Å²) in [7, 11) is 1.50. The number of Topliss-reactive ketones (excluding diaryl/α,β-unsaturated/α-hetero) is 1. The van der Waals surface area contributed by atoms with E-state index < -0.39 is 12.6 Å². The van der Waals surface area contributed by atoms with Gasteiger partial charge in [0.05, 0.1) is 13.0 Å². The van der Waals surface area contributed by atoms with Crippen LogP contribution in [0.5, 0.6) is 0 Å². The molecule has 0 saturated heterocycles. The summed E-state index contributed by atoms with van der Waals surface area (Å²) in [4.78, 5) is 13.2. The normalized spacial score (nSPS) is 11.9. The fourth-order valence-electron chi connectivity index (χ4n) is 1.40. The molecule has 0 heterocycles. The number of halogens is 4. The lowest BCUT2D eigenvalue weighted by Gasteiger charge is -2.16. The van der Waals surface area contributed by atoms with Crippen molar-refractivity contribution in [2.24, 2.45) is 0 Å². The number of likely N-dealkylation sites (N-methyl/N-ethyl adjacent to an activating group) is 1. The Balaban J connectivity index is 2.50. The third-order valence-electron chi connectivity index (χ3n) is 2.34. The first-order valence-electron chi connectivity index (χ1n) is 5.32. The monoisotopic (exact) mass is 323 g/mol. The second kappa shape index (κ2) is 6.33. The number of nitrogens with zero attached hydrogens (tertiary/aromatic N) is 1. The number of carbonyl (C=O) groups is 1. The molecule has 0 atom stereocenters. The highest BCUT2D eigenvalue weighted by Gasteiger charge is 2.27. The van der Waals surface area contributed by atoms with Crippen molar-refractivity contribution >= 4 is 21.7 Å². The number of carbonyl (C=O) groups excluding carboxylic acids is 1. The van der Waals surface area contributed by atoms with Gasteiger partial charge in [0.2, 0.25) is 0 Å². The van der Waals surface area contributed by atoms with E-state index in [2.05, 4.69) is 15.9 Å². The zero-order valence-electron chi connectivity index (χ0n) is 9.80. The Kier molecular flexibility index (Phi) is 5.34. The van der Waals surface area contributed by atoms with Gasteiger partial charge < -0.3 is 0 Å². The molecule has 0 aliphatic rings. The van der Waals surface area contributed by atoms with Gasteiger partial charge in [0.1, 0.15) is 0 Å². The Morgan fingerprint density at radius 1 is 1.39 bits per heavy atom. The summed E-state index contributed by atoms with van der Waals surface area (Å²) < 4.78 is 36.8. The molecule has 0 aliphatic carbocycles. The van der Waals surface area contributed by atoms with E-state index in [1.54, 1.807) is 24.3 Å². The topological polar surface area (TPSA) is 20.3 Å². The third kappa shape index (κ3) is 5.64. The summed E-state index contributed by atoms with van der Waals surface area (Å²) in [6.45, 7) is -0.199. The van der Waals surface area contributed by atoms with Gasteiger partial charge in [-0.2, -0.15) is 13.2 Å². The number of ketones is 1. The van der Waals surface area contributed by atoms with Gasteiger partial charge in [-0.05, 0) is 19.2 Å². The quantitative estimate of drug-likeness (QED) is 0.773. The smallest absolute Gasteiger partial charge is 0.299 e. The van der Waals surface area contributed by atoms with Crippen molar-refractivity contribution in [3.63, 3.8) is 0 Å². The molecule has 18 heavy (non-hydrogen) atoms. The largest absolute Gasteiger partial charge is 0.390 e. The van der Waals surface area contributed by atoms with Crippen LogP contribution in [-0.4, -0.2) is 37.0 Å². The van der Waals surface area contributed by atoms with Crippen LogP contribution in [0.4, 0.5) is 13.2 Å². The second-order valence-corrected chi connectivity index (χ2v) is 4.95. The minimum atomic E-state index is -4.19. The van der Waals surface area contributed by atoms with E-state index in [1.165, 1.54) is 11.9 Å². The lowest BCUT2D eigenvalue weighted by atomic mass is 10.1. The maximum Gasteiger partial charge on any atom is 0.390 e. The molecule has 0 amide bonds. The van der Waals surface area contributed by atoms with Crippen LogP contribution in [0.25, 0.3) is 0 Å². The van der Waals surface area contributed by atoms with Crippen molar-refractivity contribution in [2.75, 3.05) is 20.1 Å². The van der Waals surface area contributed by atoms with Crippen molar-refractivity contribution < 1.29 is 18.0 Å². The second-order valence-electron chi connectivity index (χ2n) is 4.04. The van der Waals surface area contributed by atoms with Crippen LogP contribution in [0.2, 0.25) is 0 Å². The average molecular weight is 324 g/mol. The number of benzene rings is 1. The molecular weight excluding hydrogens is 311 g/mol. The summed E-state index contributed by atoms with van der Waals surface area (Å²) >= 11 is 3.24. The SMILES string of the molecule is CN(CCC(F)(F)F)CC(=O)c1cccc(Br)c1. The van der Waals surface area contributed by atoms with E-state index in [1.807, 2.05) is 0 Å². The van der Waals surface area contributed by atoms with Gasteiger partial charge >= 0.3 is 6.18 Å². The molecule has 1 aromatic carbocycles. The number of rotatable bonds is 5. The molecule has 6 heteroatoms. The number of hydrogen-bond acceptors (Lipinski definition) is 2. The maximum absolute atomic E-state index is 12.0. The zero-order chi connectivity index (χ0) is 13.8. The molecule has 2 nitrogen and oxygen atoms in total. The van der Waals surface area contributed by atoms with Gasteiger partial charge in [-0.15, -0.1) is 0 Å². The Hall–Kier alpha value is -0.880. The molecular formula is C12H13BrF3NO. The van der Waals surface area contributed by atoms with Crippen molar-refractivity contribution in [1.82, 2.24) is 4.90 Å². The van der Waals surface area contributed by atoms with Crippen LogP contribution >= 0.6 is 15.9 Å². The van der Waals surface area contributed by atoms with Gasteiger partial charge in [0.15, 0.2) is 5.78 Å². The predicted molar refractivity (Wildman–Crippen MR) is 66.6 cm³/mol. The molecule has 0 fully saturated rings. The Morgan fingerprint density at radius 3 is 2.61 bits per heavy atom. The summed E-state index contributed by atoms with van der Waals surface area (Å²) in [6, 6.07) is 6.79. The molecule has 1 aromatic rings. The van der Waals surface area contributed by atoms with E-state index in [0.717, 1.165) is 4.47 Å². The highest BCUT2D eigenvalue weighted by Crippen LogP contribution is 2.19. The third-order valence-corrected chi connectivity index (χ3v) is 2.83. The van der Waals surface area contributed by atoms with Crippen LogP contribution < -0.4 is 0 Å². The summed E-state index contributed by atoms with van der Waals surface area (Å²) in [5, 5.41) is 0. The molecule has 0 N–H and O–H groups in total. The molecule has 0 bridgehead atoms. The fourth-order valence-corrected chi connectivity index (χ4v) is 1.79. The Labute approximate surface area is 112 Å². The minimum absolute atomic E-state index is 0.0213. The highest BCUT2D eigenvalue weighted by atomic mass is 79.9. The average Bonchev–Trinajstić information content (AvgIpc) is 2.25. The van der Waals surface area contributed by atoms with E-state index in [0.29, 0.717) is 5.56 Å². The fraction of sp³-hybridized carbons (Fsp3) is 0.417. The molecule has 0 aromatic heterocycles. The standard InChI is InChI=1S/C12H13BrF3NO/c1-17(6-5-12(14,15)16)8-11(18)9-3-2-4-10(13)7-9/h2-4,7H,5-6,8H2,1H3. The van der Waals surface area contributed by atoms with Crippen LogP contribution in [0.15, 0.2) is 28.7 Å². The highest BCUT2D eigenvalue weighted by molar-refractivity contribution is 9.10. The number of alkyl halides is 3. The van der Waals surface area contributed by atoms with E-state index >= 15 is 0 Å². The minimum Gasteiger partial charge on any atom is -0.299 e. The van der Waals surface area contributed by atoms with Crippen molar-refractivity contribution in [3.8, 4) is 0 Å². The first-order chi connectivity index (χ1) is 8.28. The molecule has 0 spiro atoms. The molecule has 0 radical (unpaired) electrons. The molecule has 0 aliphatic heterocycles. The summed E-state index contributed by atoms with van der Waals surface area (Å²) in [5.74, 6) is -0.194. The van der Waals surface area contributed by atoms with Gasteiger partial charge in [-0.25, -0.2) is 0 Å². The first-order valence-corrected chi connectivity index (χ1v) is 6.11. The summed E-state index contributed by atoms with van der Waals surface area (Å²) in [5.41, 5.74) is 0.489. The molecule has 100 valence electrons. The van der Waals surface area contributed by atoms with Crippen molar-refractivity contribution in [2.45, 2.75) is 12.6 Å². The Morgan fingerprint density at radius 2 is 2.06 bits per heavy atom. The molecule has 0 saturated carbocycles. The predicted octanol–water partition coefficient (Wildman–Crippen LogP) is 3.52. The van der Waals surface area contributed by atoms with Crippen LogP contribution in [-0.2, 0) is 0 Å². The molecule has 1 rings (SSSR count). The van der Waals surface area contributed by atoms with Gasteiger partial charge in [-0.3, -0.25) is 9.69 Å². The molecule has 0 unspecified atom stereocenters. The Bertz CT molecular complexity index is 420. The van der Waals surface area contributed by atoms with Gasteiger partial charge in [0, 0.05) is 16.6 Å². The van der Waals surface area contributed by atoms with E-state index in [9.17, 15) is 18.0 Å².